The highest BCUT2D eigenvalue weighted by Crippen LogP contribution is 2.29. The molecule has 0 saturated heterocycles. The number of aryl methyl sites for hydroxylation is 2. The van der Waals surface area contributed by atoms with Crippen molar-refractivity contribution < 1.29 is 14.4 Å². The summed E-state index contributed by atoms with van der Waals surface area (Å²) in [5.74, 6) is -0.986. The van der Waals surface area contributed by atoms with Crippen LogP contribution in [0.15, 0.2) is 48.5 Å². The Hall–Kier alpha value is -3.16. The van der Waals surface area contributed by atoms with Crippen molar-refractivity contribution in [3.63, 3.8) is 0 Å². The molecular formula is C22H20ClN3O3S. The zero-order valence-corrected chi connectivity index (χ0v) is 18.2. The van der Waals surface area contributed by atoms with E-state index in [1.54, 1.807) is 62.4 Å². The second-order valence-corrected chi connectivity index (χ2v) is 8.05. The SMILES string of the molecule is CNC(=O)c1c(C)cccc1NC(=O)c1sc(NC(=O)c2ccccc2Cl)cc1C. The fourth-order valence-electron chi connectivity index (χ4n) is 2.97. The molecule has 3 N–H and O–H groups in total. The van der Waals surface area contributed by atoms with Gasteiger partial charge < -0.3 is 16.0 Å². The zero-order chi connectivity index (χ0) is 21.8. The van der Waals surface area contributed by atoms with E-state index in [2.05, 4.69) is 16.0 Å². The lowest BCUT2D eigenvalue weighted by molar-refractivity contribution is 0.0962. The van der Waals surface area contributed by atoms with Gasteiger partial charge in [-0.1, -0.05) is 35.9 Å². The number of carbonyl (C=O) groups excluding carboxylic acids is 3. The summed E-state index contributed by atoms with van der Waals surface area (Å²) in [6, 6.07) is 13.7. The average molecular weight is 442 g/mol. The molecule has 0 aliphatic carbocycles. The number of thiophene rings is 1. The van der Waals surface area contributed by atoms with E-state index in [0.29, 0.717) is 37.3 Å². The molecule has 0 unspecified atom stereocenters. The first kappa shape index (κ1) is 21.5. The van der Waals surface area contributed by atoms with Gasteiger partial charge in [0.05, 0.1) is 31.7 Å². The summed E-state index contributed by atoms with van der Waals surface area (Å²) >= 11 is 7.23. The van der Waals surface area contributed by atoms with Crippen LogP contribution in [0.3, 0.4) is 0 Å². The van der Waals surface area contributed by atoms with Crippen LogP contribution in [0.5, 0.6) is 0 Å². The normalized spacial score (nSPS) is 10.4. The van der Waals surface area contributed by atoms with E-state index in [-0.39, 0.29) is 17.7 Å². The molecule has 1 heterocycles. The average Bonchev–Trinajstić information content (AvgIpc) is 3.08. The smallest absolute Gasteiger partial charge is 0.266 e. The minimum absolute atomic E-state index is 0.279. The van der Waals surface area contributed by atoms with Crippen LogP contribution in [-0.4, -0.2) is 24.8 Å². The van der Waals surface area contributed by atoms with Gasteiger partial charge >= 0.3 is 0 Å². The zero-order valence-electron chi connectivity index (χ0n) is 16.6. The highest BCUT2D eigenvalue weighted by Gasteiger charge is 2.19. The van der Waals surface area contributed by atoms with Gasteiger partial charge in [-0.05, 0) is 49.2 Å². The Balaban J connectivity index is 1.82. The molecule has 0 saturated carbocycles. The van der Waals surface area contributed by atoms with Crippen LogP contribution in [0.4, 0.5) is 10.7 Å². The summed E-state index contributed by atoms with van der Waals surface area (Å²) in [7, 11) is 1.54. The van der Waals surface area contributed by atoms with Crippen molar-refractivity contribution in [1.29, 1.82) is 0 Å². The van der Waals surface area contributed by atoms with Crippen LogP contribution in [-0.2, 0) is 0 Å². The number of hydrogen-bond acceptors (Lipinski definition) is 4. The van der Waals surface area contributed by atoms with Crippen molar-refractivity contribution in [3.05, 3.63) is 80.7 Å². The van der Waals surface area contributed by atoms with Gasteiger partial charge in [0.1, 0.15) is 0 Å². The Morgan fingerprint density at radius 2 is 1.60 bits per heavy atom. The molecule has 0 atom stereocenters. The molecule has 3 aromatic rings. The molecule has 1 aromatic heterocycles. The quantitative estimate of drug-likeness (QED) is 0.527. The lowest BCUT2D eigenvalue weighted by Crippen LogP contribution is -2.22. The second kappa shape index (κ2) is 9.11. The van der Waals surface area contributed by atoms with Crippen LogP contribution < -0.4 is 16.0 Å². The first-order chi connectivity index (χ1) is 14.3. The number of benzene rings is 2. The third-order valence-electron chi connectivity index (χ3n) is 4.45. The first-order valence-corrected chi connectivity index (χ1v) is 10.3. The Bertz CT molecular complexity index is 1140. The summed E-state index contributed by atoms with van der Waals surface area (Å²) < 4.78 is 0. The molecule has 6 nitrogen and oxygen atoms in total. The van der Waals surface area contributed by atoms with Crippen LogP contribution in [0.25, 0.3) is 0 Å². The Kier molecular flexibility index (Phi) is 6.54. The van der Waals surface area contributed by atoms with Crippen molar-refractivity contribution in [2.45, 2.75) is 13.8 Å². The van der Waals surface area contributed by atoms with Crippen molar-refractivity contribution in [3.8, 4) is 0 Å². The fourth-order valence-corrected chi connectivity index (χ4v) is 4.16. The molecule has 8 heteroatoms. The number of amides is 3. The Morgan fingerprint density at radius 1 is 0.867 bits per heavy atom. The summed E-state index contributed by atoms with van der Waals surface area (Å²) in [6.07, 6.45) is 0. The Labute approximate surface area is 183 Å². The molecule has 3 amide bonds. The third-order valence-corrected chi connectivity index (χ3v) is 5.94. The lowest BCUT2D eigenvalue weighted by Gasteiger charge is -2.12. The molecule has 2 aromatic carbocycles. The van der Waals surface area contributed by atoms with Crippen LogP contribution in [0, 0.1) is 13.8 Å². The molecule has 0 spiro atoms. The molecule has 0 aliphatic heterocycles. The summed E-state index contributed by atoms with van der Waals surface area (Å²) in [5.41, 5.74) is 2.65. The minimum Gasteiger partial charge on any atom is -0.355 e. The number of rotatable bonds is 5. The molecule has 0 bridgehead atoms. The highest BCUT2D eigenvalue weighted by atomic mass is 35.5. The molecule has 0 fully saturated rings. The van der Waals surface area contributed by atoms with E-state index in [1.807, 2.05) is 0 Å². The van der Waals surface area contributed by atoms with Gasteiger partial charge in [0.2, 0.25) is 0 Å². The monoisotopic (exact) mass is 441 g/mol. The fraction of sp³-hybridized carbons (Fsp3) is 0.136. The standard InChI is InChI=1S/C22H20ClN3O3S/c1-12-7-6-10-16(18(12)21(28)24-3)25-22(29)19-13(2)11-17(30-19)26-20(27)14-8-4-5-9-15(14)23/h4-11H,1-3H3,(H,24,28)(H,25,29)(H,26,27). The third kappa shape index (κ3) is 4.53. The summed E-state index contributed by atoms with van der Waals surface area (Å²) in [6.45, 7) is 3.59. The van der Waals surface area contributed by atoms with Crippen molar-refractivity contribution in [1.82, 2.24) is 5.32 Å². The maximum absolute atomic E-state index is 12.9. The molecule has 30 heavy (non-hydrogen) atoms. The van der Waals surface area contributed by atoms with Crippen molar-refractivity contribution in [2.24, 2.45) is 0 Å². The molecular weight excluding hydrogens is 422 g/mol. The first-order valence-electron chi connectivity index (χ1n) is 9.11. The van der Waals surface area contributed by atoms with Gasteiger partial charge in [-0.15, -0.1) is 11.3 Å². The van der Waals surface area contributed by atoms with Gasteiger partial charge in [-0.2, -0.15) is 0 Å². The number of nitrogens with one attached hydrogen (secondary N) is 3. The summed E-state index contributed by atoms with van der Waals surface area (Å²) in [4.78, 5) is 38.0. The predicted molar refractivity (Wildman–Crippen MR) is 121 cm³/mol. The number of carbonyl (C=O) groups is 3. The molecule has 3 rings (SSSR count). The molecule has 0 aliphatic rings. The number of hydrogen-bond donors (Lipinski definition) is 3. The minimum atomic E-state index is -0.355. The van der Waals surface area contributed by atoms with Gasteiger partial charge in [0.25, 0.3) is 17.7 Å². The largest absolute Gasteiger partial charge is 0.355 e. The summed E-state index contributed by atoms with van der Waals surface area (Å²) in [5, 5.41) is 9.05. The number of halogens is 1. The van der Waals surface area contributed by atoms with E-state index in [1.165, 1.54) is 7.05 Å². The van der Waals surface area contributed by atoms with E-state index in [9.17, 15) is 14.4 Å². The Morgan fingerprint density at radius 3 is 2.30 bits per heavy atom. The molecule has 0 radical (unpaired) electrons. The van der Waals surface area contributed by atoms with Crippen LogP contribution in [0.2, 0.25) is 5.02 Å². The van der Waals surface area contributed by atoms with E-state index in [4.69, 9.17) is 11.6 Å². The van der Waals surface area contributed by atoms with Gasteiger partial charge in [0.15, 0.2) is 0 Å². The van der Waals surface area contributed by atoms with Crippen LogP contribution in [0.1, 0.15) is 41.5 Å². The van der Waals surface area contributed by atoms with E-state index >= 15 is 0 Å². The van der Waals surface area contributed by atoms with E-state index < -0.39 is 0 Å². The van der Waals surface area contributed by atoms with Crippen molar-refractivity contribution >= 4 is 51.3 Å². The maximum Gasteiger partial charge on any atom is 0.266 e. The van der Waals surface area contributed by atoms with Crippen molar-refractivity contribution in [2.75, 3.05) is 17.7 Å². The van der Waals surface area contributed by atoms with E-state index in [0.717, 1.165) is 16.9 Å². The topological polar surface area (TPSA) is 87.3 Å². The lowest BCUT2D eigenvalue weighted by atomic mass is 10.1. The highest BCUT2D eigenvalue weighted by molar-refractivity contribution is 7.18. The molecule has 154 valence electrons. The van der Waals surface area contributed by atoms with Gasteiger partial charge in [0, 0.05) is 7.05 Å². The maximum atomic E-state index is 12.9. The predicted octanol–water partition coefficient (Wildman–Crippen LogP) is 4.88. The van der Waals surface area contributed by atoms with Gasteiger partial charge in [-0.3, -0.25) is 14.4 Å². The number of anilines is 2. The second-order valence-electron chi connectivity index (χ2n) is 6.59. The van der Waals surface area contributed by atoms with Gasteiger partial charge in [-0.25, -0.2) is 0 Å². The van der Waals surface area contributed by atoms with Crippen LogP contribution >= 0.6 is 22.9 Å².